The van der Waals surface area contributed by atoms with Crippen LogP contribution in [0.2, 0.25) is 0 Å². The Kier molecular flexibility index (Phi) is 20.3. The van der Waals surface area contributed by atoms with Gasteiger partial charge in [0.15, 0.2) is 23.1 Å². The molecule has 0 aromatic heterocycles. The smallest absolute Gasteiger partial charge is 0.316 e. The second-order valence-electron chi connectivity index (χ2n) is 42.1. The first-order valence-electron chi connectivity index (χ1n) is 45.7. The average molecular weight is 1620 g/mol. The van der Waals surface area contributed by atoms with Crippen LogP contribution >= 0.6 is 0 Å². The molecule has 0 radical (unpaired) electrons. The van der Waals surface area contributed by atoms with Gasteiger partial charge in [0.1, 0.15) is 40.9 Å². The third kappa shape index (κ3) is 11.5. The number of Topliss-reactive ketones (excluding diaryl/α,β-unsaturated/α-hetero) is 4. The number of carbonyl (C=O) groups is 11. The van der Waals surface area contributed by atoms with Crippen LogP contribution in [0, 0.1) is 82.7 Å². The van der Waals surface area contributed by atoms with Crippen LogP contribution < -0.4 is 0 Å². The van der Waals surface area contributed by atoms with Crippen LogP contribution in [0.4, 0.5) is 0 Å². The Hall–Kier alpha value is -7.47. The molecule has 9 unspecified atom stereocenters. The number of ether oxygens (including phenoxy) is 3. The van der Waals surface area contributed by atoms with E-state index in [-0.39, 0.29) is 79.4 Å². The third-order valence-electron chi connectivity index (χ3n) is 36.3. The molecule has 0 aromatic rings. The van der Waals surface area contributed by atoms with Crippen molar-refractivity contribution in [1.82, 2.24) is 0 Å². The highest BCUT2D eigenvalue weighted by atomic mass is 16.6. The molecule has 20 aliphatic carbocycles. The Bertz CT molecular complexity index is 5020. The lowest BCUT2D eigenvalue weighted by Gasteiger charge is -2.53. The van der Waals surface area contributed by atoms with Gasteiger partial charge in [-0.3, -0.25) is 52.7 Å². The van der Waals surface area contributed by atoms with Crippen molar-refractivity contribution in [1.29, 1.82) is 0 Å². The maximum atomic E-state index is 13.5. The number of allylic oxidation sites excluding steroid dienone is 18. The summed E-state index contributed by atoms with van der Waals surface area (Å²) >= 11 is 0. The minimum atomic E-state index is -1.11. The number of aliphatic hydroxyl groups excluding tert-OH is 3. The van der Waals surface area contributed by atoms with E-state index in [0.717, 1.165) is 185 Å². The summed E-state index contributed by atoms with van der Waals surface area (Å²) in [5.41, 5.74) is 13.4. The Morgan fingerprint density at radius 2 is 0.706 bits per heavy atom. The summed E-state index contributed by atoms with van der Waals surface area (Å²) in [4.78, 5) is 142. The molecule has 4 spiro atoms. The molecule has 19 atom stereocenters. The molecule has 0 amide bonds. The number of ketones is 8. The van der Waals surface area contributed by atoms with E-state index in [4.69, 9.17) is 14.2 Å². The molecule has 0 heterocycles. The largest absolute Gasteiger partial charge is 0.465 e. The number of esters is 3. The first-order chi connectivity index (χ1) is 56.2. The first kappa shape index (κ1) is 83.8. The van der Waals surface area contributed by atoms with E-state index in [1.807, 2.05) is 26.8 Å². The van der Waals surface area contributed by atoms with Crippen molar-refractivity contribution >= 4 is 64.2 Å². The van der Waals surface area contributed by atoms with Crippen molar-refractivity contribution in [2.24, 2.45) is 82.7 Å². The molecule has 17 nitrogen and oxygen atoms in total. The predicted molar refractivity (Wildman–Crippen MR) is 447 cm³/mol. The number of rotatable bonds is 9. The summed E-state index contributed by atoms with van der Waals surface area (Å²) in [6, 6.07) is 0. The topological polar surface area (TPSA) is 276 Å². The molecule has 3 N–H and O–H groups in total. The fraction of sp³-hybridized carbons (Fsp3) is 0.657. The molecule has 20 aliphatic rings. The third-order valence-corrected chi connectivity index (χ3v) is 36.3. The number of aliphatic hydroxyl groups is 3. The molecule has 4 saturated carbocycles. The molecule has 636 valence electrons. The van der Waals surface area contributed by atoms with E-state index in [0.29, 0.717) is 112 Å². The fourth-order valence-corrected chi connectivity index (χ4v) is 29.2. The summed E-state index contributed by atoms with van der Waals surface area (Å²) in [7, 11) is 0. The lowest BCUT2D eigenvalue weighted by atomic mass is 9.50. The van der Waals surface area contributed by atoms with Crippen LogP contribution in [0.1, 0.15) is 302 Å². The molecule has 20 rings (SSSR count). The molecular formula is C102H126O17. The van der Waals surface area contributed by atoms with Gasteiger partial charge in [-0.05, 0) is 282 Å². The predicted octanol–water partition coefficient (Wildman–Crippen LogP) is 17.6. The Morgan fingerprint density at radius 1 is 0.378 bits per heavy atom. The van der Waals surface area contributed by atoms with Gasteiger partial charge in [0.25, 0.3) is 0 Å². The number of hydrogen-bond acceptors (Lipinski definition) is 17. The Labute approximate surface area is 702 Å². The van der Waals surface area contributed by atoms with Crippen LogP contribution in [0.5, 0.6) is 0 Å². The van der Waals surface area contributed by atoms with Crippen LogP contribution in [0.25, 0.3) is 0 Å². The highest BCUT2D eigenvalue weighted by molar-refractivity contribution is 6.01. The van der Waals surface area contributed by atoms with Crippen molar-refractivity contribution in [2.45, 2.75) is 332 Å². The summed E-state index contributed by atoms with van der Waals surface area (Å²) in [5, 5.41) is 34.6. The van der Waals surface area contributed by atoms with Crippen LogP contribution in [-0.2, 0) is 67.0 Å². The van der Waals surface area contributed by atoms with Crippen molar-refractivity contribution < 1.29 is 82.3 Å². The number of carbonyl (C=O) groups excluding carboxylic acids is 11. The minimum Gasteiger partial charge on any atom is -0.465 e. The molecule has 0 bridgehead atoms. The summed E-state index contributed by atoms with van der Waals surface area (Å²) in [6.07, 6.45) is 37.1. The van der Waals surface area contributed by atoms with Crippen molar-refractivity contribution in [3.8, 4) is 0 Å². The Balaban J connectivity index is 0.000000114. The van der Waals surface area contributed by atoms with E-state index in [2.05, 4.69) is 79.7 Å². The van der Waals surface area contributed by atoms with Gasteiger partial charge in [0.05, 0.1) is 58.8 Å². The zero-order valence-corrected chi connectivity index (χ0v) is 72.8. The summed E-state index contributed by atoms with van der Waals surface area (Å²) < 4.78 is 17.0. The van der Waals surface area contributed by atoms with Crippen molar-refractivity contribution in [3.63, 3.8) is 0 Å². The van der Waals surface area contributed by atoms with Gasteiger partial charge in [-0.15, -0.1) is 0 Å². The van der Waals surface area contributed by atoms with Crippen molar-refractivity contribution in [2.75, 3.05) is 6.61 Å². The normalized spacial score (nSPS) is 41.5. The number of hydrogen-bond donors (Lipinski definition) is 3. The zero-order valence-electron chi connectivity index (χ0n) is 72.8. The SMILES string of the molecule is CC(C)OC(=O)[C@H]1C2=C(CCC34C(=O)CC[C@]3(C)CC=C24)C2(C)CCC(=O)C=C2[C@H]1O.CC12CCC(=O)C=C1CCC1=C2CCC23C(=O)CC[C@]2(C)CC=C13.CCC(C)OC(=O)[C@H]1C2=C(CCC34C(=O)CC[C@]3(C)CC=C24)C2(C)CCC(=O)C=C2[C@H]1O.CCCCOC(=O)[C@H]1C2=C(CCC34C(=O)CC[C@]3(C)CC=C24)C2(C)CCC(=O)C=C2[C@H]1O. The molecule has 17 heteroatoms. The lowest BCUT2D eigenvalue weighted by molar-refractivity contribution is -0.156. The maximum Gasteiger partial charge on any atom is 0.316 e. The van der Waals surface area contributed by atoms with Crippen molar-refractivity contribution in [3.05, 3.63) is 138 Å². The molecule has 0 aliphatic heterocycles. The molecule has 119 heavy (non-hydrogen) atoms. The first-order valence-corrected chi connectivity index (χ1v) is 45.7. The quantitative estimate of drug-likeness (QED) is 0.110. The summed E-state index contributed by atoms with van der Waals surface area (Å²) in [6.45, 7) is 27.4. The number of fused-ring (bicyclic) bond motifs is 12. The van der Waals surface area contributed by atoms with Gasteiger partial charge < -0.3 is 29.5 Å². The van der Waals surface area contributed by atoms with Gasteiger partial charge in [0, 0.05) is 73.0 Å². The van der Waals surface area contributed by atoms with E-state index in [1.54, 1.807) is 37.6 Å². The second-order valence-corrected chi connectivity index (χ2v) is 42.1. The van der Waals surface area contributed by atoms with E-state index >= 15 is 0 Å². The summed E-state index contributed by atoms with van der Waals surface area (Å²) in [5.74, 6) is -2.33. The van der Waals surface area contributed by atoms with Gasteiger partial charge in [-0.2, -0.15) is 0 Å². The fourth-order valence-electron chi connectivity index (χ4n) is 29.2. The zero-order chi connectivity index (χ0) is 85.0. The standard InChI is InChI=1S/2C27H34O5.C26H32O5.C22H26O2/c1-5-15(2)32-24(31)22-21-17(26(4)12-6-16(28)14-19(26)23(22)30)8-13-27-18(21)7-10-25(27,3)11-9-20(27)29;1-4-5-14-32-24(31)22-21-17(26(3)12-6-16(28)15-19(26)23(22)30)8-13-27-18(21)7-10-25(27,2)11-9-20(27)29;1-14(2)31-23(30)21-20-16(25(4)11-5-15(27)13-18(25)22(21)29)7-12-26-17(20)6-9-24(26,3)10-8-19(26)28;1-20-9-6-18-16-4-3-14-13-15(23)5-11-21(14,2)17(16)7-12-22(18,20)19(24)8-10-20/h7,14-15,22-23,30H,5-6,8-13H2,1-4H3;7,15,22-23,30H,4-6,8-14H2,1-3H3;6,13-14,21-22,29H,5,7-12H2,1-4H3;6,13H,3-5,7-12H2,1-2H3/t15?,22-,23+,25-,26?,27?;22-,23+,25-,26?,27?;21-,22+,24-,25?,26?;20-,21?,22?/m0000/s1. The highest BCUT2D eigenvalue weighted by Gasteiger charge is 2.72. The monoisotopic (exact) mass is 1620 g/mol. The number of unbranched alkanes of at least 4 members (excludes halogenated alkanes) is 1. The lowest BCUT2D eigenvalue weighted by Crippen LogP contribution is -2.51. The van der Waals surface area contributed by atoms with E-state index < -0.39 is 86.5 Å². The Morgan fingerprint density at radius 3 is 1.07 bits per heavy atom. The van der Waals surface area contributed by atoms with Crippen LogP contribution in [0.15, 0.2) is 138 Å². The molecule has 4 fully saturated rings. The molecular weight excluding hydrogens is 1500 g/mol. The van der Waals surface area contributed by atoms with E-state index in [1.165, 1.54) is 16.7 Å². The second kappa shape index (κ2) is 28.8. The highest BCUT2D eigenvalue weighted by Crippen LogP contribution is 2.76. The molecule has 0 saturated heterocycles. The van der Waals surface area contributed by atoms with Crippen LogP contribution in [-0.4, -0.2) is 117 Å². The van der Waals surface area contributed by atoms with Crippen LogP contribution in [0.3, 0.4) is 0 Å². The molecule has 0 aromatic carbocycles. The average Bonchev–Trinajstić information content (AvgIpc) is 1.57. The minimum absolute atomic E-state index is 0.000487. The van der Waals surface area contributed by atoms with Gasteiger partial charge in [-0.25, -0.2) is 0 Å². The van der Waals surface area contributed by atoms with Gasteiger partial charge in [-0.1, -0.05) is 128 Å². The maximum absolute atomic E-state index is 13.5. The van der Waals surface area contributed by atoms with Gasteiger partial charge in [0.2, 0.25) is 0 Å². The van der Waals surface area contributed by atoms with E-state index in [9.17, 15) is 68.1 Å². The van der Waals surface area contributed by atoms with Gasteiger partial charge >= 0.3 is 17.9 Å².